The van der Waals surface area contributed by atoms with E-state index in [1.807, 2.05) is 32.9 Å². The van der Waals surface area contributed by atoms with E-state index in [0.717, 1.165) is 18.4 Å². The molecular weight excluding hydrogens is 296 g/mol. The third-order valence-corrected chi connectivity index (χ3v) is 3.10. The molecule has 0 heterocycles. The van der Waals surface area contributed by atoms with E-state index in [2.05, 4.69) is 0 Å². The first-order valence-electron chi connectivity index (χ1n) is 7.82. The maximum Gasteiger partial charge on any atom is 0.414 e. The molecule has 0 aliphatic rings. The van der Waals surface area contributed by atoms with Crippen LogP contribution in [-0.4, -0.2) is 43.6 Å². The van der Waals surface area contributed by atoms with Crippen molar-refractivity contribution in [3.8, 4) is 5.75 Å². The van der Waals surface area contributed by atoms with E-state index in [0.29, 0.717) is 18.0 Å². The largest absolute Gasteiger partial charge is 0.491 e. The average molecular weight is 324 g/mol. The van der Waals surface area contributed by atoms with E-state index < -0.39 is 11.7 Å². The van der Waals surface area contributed by atoms with Gasteiger partial charge in [0.25, 0.3) is 0 Å². The summed E-state index contributed by atoms with van der Waals surface area (Å²) in [5.74, 6) is 0.653. The van der Waals surface area contributed by atoms with Crippen molar-refractivity contribution in [1.29, 1.82) is 0 Å². The van der Waals surface area contributed by atoms with Crippen LogP contribution in [0.5, 0.6) is 5.75 Å². The second kappa shape index (κ2) is 8.74. The highest BCUT2D eigenvalue weighted by Crippen LogP contribution is 2.27. The molecule has 1 aromatic rings. The summed E-state index contributed by atoms with van der Waals surface area (Å²) in [5, 5.41) is 8.96. The molecule has 0 bridgehead atoms. The zero-order valence-electron chi connectivity index (χ0n) is 14.5. The van der Waals surface area contributed by atoms with Crippen molar-refractivity contribution in [3.63, 3.8) is 0 Å². The van der Waals surface area contributed by atoms with Crippen LogP contribution in [0.2, 0.25) is 0 Å². The number of aliphatic hydroxyl groups is 1. The number of aliphatic hydroxyl groups excluding tert-OH is 1. The Hall–Kier alpha value is -1.79. The summed E-state index contributed by atoms with van der Waals surface area (Å²) >= 11 is 0. The number of anilines is 1. The van der Waals surface area contributed by atoms with Gasteiger partial charge in [-0.2, -0.15) is 0 Å². The molecule has 0 atom stereocenters. The summed E-state index contributed by atoms with van der Waals surface area (Å²) < 4.78 is 10.9. The van der Waals surface area contributed by atoms with Gasteiger partial charge in [-0.05, 0) is 51.8 Å². The zero-order chi connectivity index (χ0) is 17.5. The molecule has 0 saturated heterocycles. The fourth-order valence-electron chi connectivity index (χ4n) is 1.98. The monoisotopic (exact) mass is 324 g/mol. The van der Waals surface area contributed by atoms with Crippen LogP contribution in [-0.2, 0) is 11.2 Å². The summed E-state index contributed by atoms with van der Waals surface area (Å²) in [5.41, 5.74) is 6.67. The first kappa shape index (κ1) is 19.3. The molecule has 1 amide bonds. The number of rotatable bonds is 7. The van der Waals surface area contributed by atoms with Crippen LogP contribution in [0.3, 0.4) is 0 Å². The van der Waals surface area contributed by atoms with Gasteiger partial charge in [0.05, 0.1) is 12.3 Å². The molecule has 23 heavy (non-hydrogen) atoms. The van der Waals surface area contributed by atoms with E-state index >= 15 is 0 Å². The van der Waals surface area contributed by atoms with E-state index in [1.165, 1.54) is 4.90 Å². The molecule has 3 N–H and O–H groups in total. The summed E-state index contributed by atoms with van der Waals surface area (Å²) in [7, 11) is 1.65. The fourth-order valence-corrected chi connectivity index (χ4v) is 1.98. The van der Waals surface area contributed by atoms with Gasteiger partial charge in [0, 0.05) is 13.1 Å². The smallest absolute Gasteiger partial charge is 0.414 e. The SMILES string of the molecule is CN(C(=O)OC(C)(C)C)c1ccc(CCCN)c(OCCO)c1. The highest BCUT2D eigenvalue weighted by Gasteiger charge is 2.21. The van der Waals surface area contributed by atoms with Crippen molar-refractivity contribution >= 4 is 11.8 Å². The lowest BCUT2D eigenvalue weighted by molar-refractivity contribution is 0.0589. The molecule has 0 aliphatic heterocycles. The van der Waals surface area contributed by atoms with Gasteiger partial charge in [-0.3, -0.25) is 4.90 Å². The topological polar surface area (TPSA) is 85.0 Å². The molecule has 1 rings (SSSR count). The molecular formula is C17H28N2O4. The number of nitrogens with two attached hydrogens (primary N) is 1. The van der Waals surface area contributed by atoms with E-state index in [-0.39, 0.29) is 13.2 Å². The molecule has 0 aromatic heterocycles. The molecule has 0 aliphatic carbocycles. The second-order valence-corrected chi connectivity index (χ2v) is 6.30. The number of ether oxygens (including phenoxy) is 2. The number of amides is 1. The molecule has 0 unspecified atom stereocenters. The number of aryl methyl sites for hydroxylation is 1. The summed E-state index contributed by atoms with van der Waals surface area (Å²) in [4.78, 5) is 13.6. The molecule has 0 radical (unpaired) electrons. The number of carbonyl (C=O) groups excluding carboxylic acids is 1. The maximum atomic E-state index is 12.1. The predicted octanol–water partition coefficient (Wildman–Crippen LogP) is 2.32. The van der Waals surface area contributed by atoms with Gasteiger partial charge < -0.3 is 20.3 Å². The maximum absolute atomic E-state index is 12.1. The lowest BCUT2D eigenvalue weighted by atomic mass is 10.1. The van der Waals surface area contributed by atoms with Crippen molar-refractivity contribution in [2.45, 2.75) is 39.2 Å². The lowest BCUT2D eigenvalue weighted by Crippen LogP contribution is -2.34. The van der Waals surface area contributed by atoms with E-state index in [1.54, 1.807) is 13.1 Å². The van der Waals surface area contributed by atoms with Crippen LogP contribution in [0.15, 0.2) is 18.2 Å². The molecule has 0 fully saturated rings. The lowest BCUT2D eigenvalue weighted by Gasteiger charge is -2.25. The second-order valence-electron chi connectivity index (χ2n) is 6.30. The van der Waals surface area contributed by atoms with Gasteiger partial charge in [0.2, 0.25) is 0 Å². The minimum Gasteiger partial charge on any atom is -0.491 e. The number of carbonyl (C=O) groups is 1. The summed E-state index contributed by atoms with van der Waals surface area (Å²) in [6, 6.07) is 5.55. The minimum absolute atomic E-state index is 0.0670. The molecule has 6 nitrogen and oxygen atoms in total. The molecule has 0 spiro atoms. The van der Waals surface area contributed by atoms with Gasteiger partial charge in [-0.15, -0.1) is 0 Å². The van der Waals surface area contributed by atoms with Crippen LogP contribution in [0.1, 0.15) is 32.8 Å². The Morgan fingerprint density at radius 3 is 2.61 bits per heavy atom. The van der Waals surface area contributed by atoms with Crippen LogP contribution >= 0.6 is 0 Å². The molecule has 0 saturated carbocycles. The summed E-state index contributed by atoms with van der Waals surface area (Å²) in [6.07, 6.45) is 1.20. The van der Waals surface area contributed by atoms with Crippen LogP contribution in [0.4, 0.5) is 10.5 Å². The summed E-state index contributed by atoms with van der Waals surface area (Å²) in [6.45, 7) is 6.20. The van der Waals surface area contributed by atoms with Gasteiger partial charge in [-0.25, -0.2) is 4.79 Å². The van der Waals surface area contributed by atoms with Crippen LogP contribution in [0.25, 0.3) is 0 Å². The van der Waals surface area contributed by atoms with Gasteiger partial charge >= 0.3 is 6.09 Å². The zero-order valence-corrected chi connectivity index (χ0v) is 14.5. The normalized spacial score (nSPS) is 11.2. The molecule has 6 heteroatoms. The Labute approximate surface area is 138 Å². The van der Waals surface area contributed by atoms with E-state index in [4.69, 9.17) is 20.3 Å². The Morgan fingerprint density at radius 1 is 1.35 bits per heavy atom. The number of hydrogen-bond acceptors (Lipinski definition) is 5. The van der Waals surface area contributed by atoms with Gasteiger partial charge in [0.1, 0.15) is 18.0 Å². The molecule has 1 aromatic carbocycles. The van der Waals surface area contributed by atoms with Crippen molar-refractivity contribution in [2.24, 2.45) is 5.73 Å². The molecule has 130 valence electrons. The predicted molar refractivity (Wildman–Crippen MR) is 91.0 cm³/mol. The van der Waals surface area contributed by atoms with Crippen molar-refractivity contribution < 1.29 is 19.4 Å². The Morgan fingerprint density at radius 2 is 2.04 bits per heavy atom. The highest BCUT2D eigenvalue weighted by atomic mass is 16.6. The Kier molecular flexibility index (Phi) is 7.32. The van der Waals surface area contributed by atoms with Crippen molar-refractivity contribution in [2.75, 3.05) is 31.7 Å². The van der Waals surface area contributed by atoms with Crippen molar-refractivity contribution in [3.05, 3.63) is 23.8 Å². The minimum atomic E-state index is -0.553. The van der Waals surface area contributed by atoms with Crippen molar-refractivity contribution in [1.82, 2.24) is 0 Å². The third-order valence-electron chi connectivity index (χ3n) is 3.10. The fraction of sp³-hybridized carbons (Fsp3) is 0.588. The number of benzene rings is 1. The first-order chi connectivity index (χ1) is 10.8. The van der Waals surface area contributed by atoms with Gasteiger partial charge in [0.15, 0.2) is 0 Å². The quantitative estimate of drug-likeness (QED) is 0.804. The van der Waals surface area contributed by atoms with Crippen LogP contribution < -0.4 is 15.4 Å². The average Bonchev–Trinajstić information content (AvgIpc) is 2.48. The number of nitrogens with zero attached hydrogens (tertiary/aromatic N) is 1. The first-order valence-corrected chi connectivity index (χ1v) is 7.82. The Balaban J connectivity index is 2.95. The highest BCUT2D eigenvalue weighted by molar-refractivity contribution is 5.87. The van der Waals surface area contributed by atoms with Crippen LogP contribution in [0, 0.1) is 0 Å². The third kappa shape index (κ3) is 6.46. The number of hydrogen-bond donors (Lipinski definition) is 2. The van der Waals surface area contributed by atoms with E-state index in [9.17, 15) is 4.79 Å². The Bertz CT molecular complexity index is 512. The standard InChI is InChI=1S/C17H28N2O4/c1-17(2,3)23-16(21)19(4)14-8-7-13(6-5-9-18)15(12-14)22-11-10-20/h7-8,12,20H,5-6,9-11,18H2,1-4H3. The van der Waals surface area contributed by atoms with Gasteiger partial charge in [-0.1, -0.05) is 6.07 Å².